The molecule has 3 aromatic rings. The van der Waals surface area contributed by atoms with Crippen LogP contribution in [0.4, 0.5) is 4.39 Å². The summed E-state index contributed by atoms with van der Waals surface area (Å²) in [6.45, 7) is 2.30. The Hall–Kier alpha value is -3.48. The molecular formula is C24H25FN4O2. The summed E-state index contributed by atoms with van der Waals surface area (Å²) < 4.78 is 15.1. The first kappa shape index (κ1) is 20.8. The zero-order valence-corrected chi connectivity index (χ0v) is 17.2. The van der Waals surface area contributed by atoms with Gasteiger partial charge in [-0.05, 0) is 48.2 Å². The number of nitrogens with zero attached hydrogens (tertiary/aromatic N) is 3. The Balaban J connectivity index is 1.23. The summed E-state index contributed by atoms with van der Waals surface area (Å²) in [7, 11) is 0. The molecule has 0 saturated carbocycles. The molecule has 1 aliphatic heterocycles. The molecule has 2 amide bonds. The molecule has 31 heavy (non-hydrogen) atoms. The molecule has 0 bridgehead atoms. The van der Waals surface area contributed by atoms with E-state index in [9.17, 15) is 14.0 Å². The number of likely N-dealkylation sites (tertiary alicyclic amines) is 1. The molecule has 1 aromatic heterocycles. The smallest absolute Gasteiger partial charge is 0.253 e. The van der Waals surface area contributed by atoms with Crippen LogP contribution in [-0.4, -0.2) is 39.4 Å². The minimum absolute atomic E-state index is 0.0244. The highest BCUT2D eigenvalue weighted by Gasteiger charge is 2.27. The Labute approximate surface area is 180 Å². The van der Waals surface area contributed by atoms with Crippen LogP contribution in [0.5, 0.6) is 0 Å². The Kier molecular flexibility index (Phi) is 6.40. The highest BCUT2D eigenvalue weighted by molar-refractivity contribution is 5.94. The molecule has 1 N–H and O–H groups in total. The molecule has 1 saturated heterocycles. The van der Waals surface area contributed by atoms with Gasteiger partial charge in [0.05, 0.1) is 6.33 Å². The molecule has 0 spiro atoms. The van der Waals surface area contributed by atoms with Crippen LogP contribution in [0.3, 0.4) is 0 Å². The lowest BCUT2D eigenvalue weighted by Gasteiger charge is -2.31. The van der Waals surface area contributed by atoms with Crippen LogP contribution < -0.4 is 5.32 Å². The van der Waals surface area contributed by atoms with Crippen LogP contribution in [0.1, 0.15) is 34.3 Å². The number of benzene rings is 2. The van der Waals surface area contributed by atoms with Crippen LogP contribution in [0.25, 0.3) is 0 Å². The average Bonchev–Trinajstić information content (AvgIpc) is 3.32. The van der Waals surface area contributed by atoms with E-state index in [1.165, 1.54) is 29.8 Å². The topological polar surface area (TPSA) is 67.2 Å². The summed E-state index contributed by atoms with van der Waals surface area (Å²) in [5.41, 5.74) is 2.69. The molecule has 0 atom stereocenters. The van der Waals surface area contributed by atoms with Crippen molar-refractivity contribution >= 4 is 11.8 Å². The van der Waals surface area contributed by atoms with Gasteiger partial charge in [-0.2, -0.15) is 0 Å². The van der Waals surface area contributed by atoms with Crippen LogP contribution in [0.2, 0.25) is 0 Å². The molecule has 7 heteroatoms. The Morgan fingerprint density at radius 1 is 1.00 bits per heavy atom. The Morgan fingerprint density at radius 2 is 1.68 bits per heavy atom. The van der Waals surface area contributed by atoms with Gasteiger partial charge >= 0.3 is 0 Å². The van der Waals surface area contributed by atoms with Crippen molar-refractivity contribution in [1.82, 2.24) is 19.8 Å². The third kappa shape index (κ3) is 5.36. The fourth-order valence-corrected chi connectivity index (χ4v) is 3.81. The van der Waals surface area contributed by atoms with E-state index in [2.05, 4.69) is 22.4 Å². The van der Waals surface area contributed by atoms with Gasteiger partial charge in [0, 0.05) is 50.1 Å². The standard InChI is InChI=1S/C24H25FN4O2/c25-22-7-5-21(6-8-22)24(31)29-12-9-20(10-13-29)23(30)27-15-18-1-3-19(4-2-18)16-28-14-11-26-17-28/h1-8,11,14,17,20H,9-10,12-13,15-16H2,(H,27,30). The van der Waals surface area contributed by atoms with E-state index in [0.717, 1.165) is 12.1 Å². The van der Waals surface area contributed by atoms with Gasteiger partial charge in [-0.25, -0.2) is 9.37 Å². The number of rotatable bonds is 6. The molecule has 0 radical (unpaired) electrons. The summed E-state index contributed by atoms with van der Waals surface area (Å²) in [4.78, 5) is 30.9. The molecule has 4 rings (SSSR count). The first-order valence-electron chi connectivity index (χ1n) is 10.4. The number of nitrogens with one attached hydrogen (secondary N) is 1. The van der Waals surface area contributed by atoms with E-state index in [4.69, 9.17) is 0 Å². The lowest BCUT2D eigenvalue weighted by atomic mass is 9.95. The largest absolute Gasteiger partial charge is 0.352 e. The predicted octanol–water partition coefficient (Wildman–Crippen LogP) is 3.24. The summed E-state index contributed by atoms with van der Waals surface area (Å²) >= 11 is 0. The van der Waals surface area contributed by atoms with E-state index in [1.807, 2.05) is 22.9 Å². The van der Waals surface area contributed by atoms with Crippen LogP contribution in [0.15, 0.2) is 67.3 Å². The quantitative estimate of drug-likeness (QED) is 0.666. The van der Waals surface area contributed by atoms with Crippen molar-refractivity contribution in [2.75, 3.05) is 13.1 Å². The molecule has 160 valence electrons. The Bertz CT molecular complexity index is 1010. The molecule has 1 fully saturated rings. The van der Waals surface area contributed by atoms with Gasteiger partial charge in [0.15, 0.2) is 0 Å². The number of carbonyl (C=O) groups excluding carboxylic acids is 2. The number of amides is 2. The summed E-state index contributed by atoms with van der Waals surface area (Å²) in [5.74, 6) is -0.552. The highest BCUT2D eigenvalue weighted by atomic mass is 19.1. The molecule has 1 aliphatic rings. The molecule has 0 unspecified atom stereocenters. The SMILES string of the molecule is O=C(NCc1ccc(Cn2ccnc2)cc1)C1CCN(C(=O)c2ccc(F)cc2)CC1. The van der Waals surface area contributed by atoms with Crippen molar-refractivity contribution in [1.29, 1.82) is 0 Å². The fourth-order valence-electron chi connectivity index (χ4n) is 3.81. The van der Waals surface area contributed by atoms with Crippen molar-refractivity contribution < 1.29 is 14.0 Å². The number of aromatic nitrogens is 2. The zero-order valence-electron chi connectivity index (χ0n) is 17.2. The maximum absolute atomic E-state index is 13.1. The number of halogens is 1. The highest BCUT2D eigenvalue weighted by Crippen LogP contribution is 2.20. The molecule has 6 nitrogen and oxygen atoms in total. The second-order valence-electron chi connectivity index (χ2n) is 7.84. The lowest BCUT2D eigenvalue weighted by molar-refractivity contribution is -0.126. The van der Waals surface area contributed by atoms with Gasteiger partial charge in [0.25, 0.3) is 5.91 Å². The summed E-state index contributed by atoms with van der Waals surface area (Å²) in [6, 6.07) is 13.7. The van der Waals surface area contributed by atoms with Gasteiger partial charge in [0.1, 0.15) is 5.82 Å². The van der Waals surface area contributed by atoms with E-state index < -0.39 is 0 Å². The maximum Gasteiger partial charge on any atom is 0.253 e. The molecular weight excluding hydrogens is 395 g/mol. The third-order valence-electron chi connectivity index (χ3n) is 5.66. The van der Waals surface area contributed by atoms with Gasteiger partial charge in [-0.1, -0.05) is 24.3 Å². The van der Waals surface area contributed by atoms with E-state index in [1.54, 1.807) is 17.4 Å². The number of hydrogen-bond donors (Lipinski definition) is 1. The molecule has 0 aliphatic carbocycles. The number of carbonyl (C=O) groups is 2. The van der Waals surface area contributed by atoms with Crippen molar-refractivity contribution in [3.63, 3.8) is 0 Å². The fraction of sp³-hybridized carbons (Fsp3) is 0.292. The minimum atomic E-state index is -0.361. The van der Waals surface area contributed by atoms with E-state index in [0.29, 0.717) is 38.0 Å². The first-order valence-corrected chi connectivity index (χ1v) is 10.4. The predicted molar refractivity (Wildman–Crippen MR) is 115 cm³/mol. The second-order valence-corrected chi connectivity index (χ2v) is 7.84. The first-order chi connectivity index (χ1) is 15.1. The van der Waals surface area contributed by atoms with Gasteiger partial charge < -0.3 is 14.8 Å². The average molecular weight is 420 g/mol. The zero-order chi connectivity index (χ0) is 21.6. The van der Waals surface area contributed by atoms with E-state index >= 15 is 0 Å². The van der Waals surface area contributed by atoms with Crippen molar-refractivity contribution in [3.05, 3.63) is 89.8 Å². The normalized spacial score (nSPS) is 14.4. The van der Waals surface area contributed by atoms with Crippen molar-refractivity contribution in [3.8, 4) is 0 Å². The van der Waals surface area contributed by atoms with E-state index in [-0.39, 0.29) is 23.5 Å². The Morgan fingerprint density at radius 3 is 2.32 bits per heavy atom. The van der Waals surface area contributed by atoms with Gasteiger partial charge in [-0.3, -0.25) is 9.59 Å². The van der Waals surface area contributed by atoms with Crippen LogP contribution >= 0.6 is 0 Å². The third-order valence-corrected chi connectivity index (χ3v) is 5.66. The molecule has 2 heterocycles. The maximum atomic E-state index is 13.1. The monoisotopic (exact) mass is 420 g/mol. The number of imidazole rings is 1. The lowest BCUT2D eigenvalue weighted by Crippen LogP contribution is -2.42. The minimum Gasteiger partial charge on any atom is -0.352 e. The number of piperidine rings is 1. The van der Waals surface area contributed by atoms with Crippen LogP contribution in [0, 0.1) is 11.7 Å². The summed E-state index contributed by atoms with van der Waals surface area (Å²) in [5, 5.41) is 3.02. The van der Waals surface area contributed by atoms with Crippen molar-refractivity contribution in [2.24, 2.45) is 5.92 Å². The molecule has 2 aromatic carbocycles. The van der Waals surface area contributed by atoms with Gasteiger partial charge in [0.2, 0.25) is 5.91 Å². The number of hydrogen-bond acceptors (Lipinski definition) is 3. The van der Waals surface area contributed by atoms with Gasteiger partial charge in [-0.15, -0.1) is 0 Å². The van der Waals surface area contributed by atoms with Crippen LogP contribution in [-0.2, 0) is 17.9 Å². The van der Waals surface area contributed by atoms with Crippen molar-refractivity contribution in [2.45, 2.75) is 25.9 Å². The second kappa shape index (κ2) is 9.55. The summed E-state index contributed by atoms with van der Waals surface area (Å²) in [6.07, 6.45) is 6.72.